The van der Waals surface area contributed by atoms with Crippen LogP contribution in [-0.4, -0.2) is 12.2 Å². The molecule has 0 unspecified atom stereocenters. The van der Waals surface area contributed by atoms with Crippen molar-refractivity contribution in [1.82, 2.24) is 0 Å². The first-order valence-corrected chi connectivity index (χ1v) is 9.03. The summed E-state index contributed by atoms with van der Waals surface area (Å²) in [6, 6.07) is 8.76. The number of aryl methyl sites for hydroxylation is 2. The molecular formula is C23H33NO. The Morgan fingerprint density at radius 2 is 1.32 bits per heavy atom. The van der Waals surface area contributed by atoms with Gasteiger partial charge in [0.1, 0.15) is 5.75 Å². The van der Waals surface area contributed by atoms with E-state index in [1.165, 1.54) is 27.8 Å². The Morgan fingerprint density at radius 3 is 1.72 bits per heavy atom. The van der Waals surface area contributed by atoms with Crippen LogP contribution in [-0.2, 0) is 10.8 Å². The number of hydrogen-bond acceptors (Lipinski definition) is 2. The molecule has 0 fully saturated rings. The molecule has 2 heteroatoms. The van der Waals surface area contributed by atoms with Gasteiger partial charge in [-0.3, -0.25) is 0 Å². The molecule has 0 amide bonds. The summed E-state index contributed by atoms with van der Waals surface area (Å²) in [5.74, 6) is 0.358. The molecule has 0 saturated heterocycles. The maximum Gasteiger partial charge on any atom is 0.143 e. The van der Waals surface area contributed by atoms with E-state index >= 15 is 0 Å². The van der Waals surface area contributed by atoms with Gasteiger partial charge < -0.3 is 10.4 Å². The minimum atomic E-state index is -0.177. The molecule has 0 atom stereocenters. The summed E-state index contributed by atoms with van der Waals surface area (Å²) in [6.07, 6.45) is 0. The van der Waals surface area contributed by atoms with Gasteiger partial charge in [0.05, 0.1) is 5.69 Å². The van der Waals surface area contributed by atoms with Crippen molar-refractivity contribution < 1.29 is 5.11 Å². The van der Waals surface area contributed by atoms with Crippen LogP contribution >= 0.6 is 0 Å². The van der Waals surface area contributed by atoms with Gasteiger partial charge in [0.2, 0.25) is 0 Å². The molecule has 25 heavy (non-hydrogen) atoms. The Kier molecular flexibility index (Phi) is 4.96. The molecular weight excluding hydrogens is 306 g/mol. The highest BCUT2D eigenvalue weighted by Gasteiger charge is 2.31. The lowest BCUT2D eigenvalue weighted by Crippen LogP contribution is -2.20. The van der Waals surface area contributed by atoms with E-state index in [0.29, 0.717) is 5.75 Å². The summed E-state index contributed by atoms with van der Waals surface area (Å²) in [7, 11) is 1.87. The lowest BCUT2D eigenvalue weighted by Gasteiger charge is -2.32. The van der Waals surface area contributed by atoms with Gasteiger partial charge in [0.25, 0.3) is 0 Å². The lowest BCUT2D eigenvalue weighted by molar-refractivity contribution is 0.448. The van der Waals surface area contributed by atoms with Crippen molar-refractivity contribution in [2.24, 2.45) is 0 Å². The minimum absolute atomic E-state index is 0.0354. The quantitative estimate of drug-likeness (QED) is 0.628. The SMILES string of the molecule is CNc1cc(C(C)(C)C)c(-c2cc(C)cc(C)c2)c(C(C)(C)C)c1O. The normalized spacial score (nSPS) is 12.4. The number of hydrogen-bond donors (Lipinski definition) is 2. The third kappa shape index (κ3) is 3.84. The van der Waals surface area contributed by atoms with Gasteiger partial charge >= 0.3 is 0 Å². The average molecular weight is 340 g/mol. The molecule has 2 rings (SSSR count). The fraction of sp³-hybridized carbons (Fsp3) is 0.478. The summed E-state index contributed by atoms with van der Waals surface area (Å²) in [5, 5.41) is 14.2. The first-order valence-electron chi connectivity index (χ1n) is 9.03. The number of rotatable bonds is 2. The molecule has 0 bridgehead atoms. The molecule has 0 aromatic heterocycles. The van der Waals surface area contributed by atoms with E-state index in [9.17, 15) is 5.11 Å². The number of phenols is 1. The van der Waals surface area contributed by atoms with E-state index in [1.807, 2.05) is 7.05 Å². The fourth-order valence-electron chi connectivity index (χ4n) is 3.60. The second-order valence-corrected chi connectivity index (χ2v) is 9.20. The van der Waals surface area contributed by atoms with E-state index in [0.717, 1.165) is 11.3 Å². The minimum Gasteiger partial charge on any atom is -0.505 e. The maximum atomic E-state index is 11.0. The van der Waals surface area contributed by atoms with Crippen LogP contribution in [0.3, 0.4) is 0 Å². The van der Waals surface area contributed by atoms with Crippen LogP contribution in [0.15, 0.2) is 24.3 Å². The van der Waals surface area contributed by atoms with Gasteiger partial charge in [-0.25, -0.2) is 0 Å². The van der Waals surface area contributed by atoms with Crippen LogP contribution in [0.2, 0.25) is 0 Å². The van der Waals surface area contributed by atoms with Crippen molar-refractivity contribution in [3.05, 3.63) is 46.5 Å². The van der Waals surface area contributed by atoms with Crippen LogP contribution in [0.25, 0.3) is 11.1 Å². The van der Waals surface area contributed by atoms with Crippen molar-refractivity contribution in [3.8, 4) is 16.9 Å². The zero-order valence-electron chi connectivity index (χ0n) is 17.3. The van der Waals surface area contributed by atoms with Crippen LogP contribution in [0.1, 0.15) is 63.8 Å². The van der Waals surface area contributed by atoms with Crippen LogP contribution in [0, 0.1) is 13.8 Å². The molecule has 0 aliphatic carbocycles. The summed E-state index contributed by atoms with van der Waals surface area (Å²) in [5.41, 5.74) is 7.69. The van der Waals surface area contributed by atoms with Crippen molar-refractivity contribution in [1.29, 1.82) is 0 Å². The predicted molar refractivity (Wildman–Crippen MR) is 110 cm³/mol. The van der Waals surface area contributed by atoms with Crippen molar-refractivity contribution in [2.45, 2.75) is 66.2 Å². The molecule has 2 N–H and O–H groups in total. The van der Waals surface area contributed by atoms with E-state index in [4.69, 9.17) is 0 Å². The van der Waals surface area contributed by atoms with Crippen LogP contribution < -0.4 is 5.32 Å². The fourth-order valence-corrected chi connectivity index (χ4v) is 3.60. The largest absolute Gasteiger partial charge is 0.505 e. The van der Waals surface area contributed by atoms with Crippen LogP contribution in [0.4, 0.5) is 5.69 Å². The Labute approximate surface area is 153 Å². The van der Waals surface area contributed by atoms with E-state index in [2.05, 4.69) is 85.0 Å². The topological polar surface area (TPSA) is 32.3 Å². The highest BCUT2D eigenvalue weighted by atomic mass is 16.3. The van der Waals surface area contributed by atoms with Gasteiger partial charge in [-0.15, -0.1) is 0 Å². The van der Waals surface area contributed by atoms with Gasteiger partial charge in [0.15, 0.2) is 0 Å². The smallest absolute Gasteiger partial charge is 0.143 e. The molecule has 2 aromatic rings. The summed E-state index contributed by atoms with van der Waals surface area (Å²) in [6.45, 7) is 17.5. The monoisotopic (exact) mass is 339 g/mol. The van der Waals surface area contributed by atoms with Crippen LogP contribution in [0.5, 0.6) is 5.75 Å². The highest BCUT2D eigenvalue weighted by Crippen LogP contribution is 2.48. The summed E-state index contributed by atoms with van der Waals surface area (Å²) >= 11 is 0. The van der Waals surface area contributed by atoms with Gasteiger partial charge in [-0.2, -0.15) is 0 Å². The molecule has 136 valence electrons. The molecule has 2 nitrogen and oxygen atoms in total. The van der Waals surface area contributed by atoms with Crippen molar-refractivity contribution >= 4 is 5.69 Å². The number of aromatic hydroxyl groups is 1. The van der Waals surface area contributed by atoms with E-state index < -0.39 is 0 Å². The van der Waals surface area contributed by atoms with Gasteiger partial charge in [0, 0.05) is 12.6 Å². The first kappa shape index (κ1) is 19.4. The third-order valence-corrected chi connectivity index (χ3v) is 4.64. The average Bonchev–Trinajstić information content (AvgIpc) is 2.42. The van der Waals surface area contributed by atoms with Crippen molar-refractivity contribution in [2.75, 3.05) is 12.4 Å². The molecule has 2 aromatic carbocycles. The Balaban J connectivity index is 3.04. The Morgan fingerprint density at radius 1 is 0.800 bits per heavy atom. The molecule has 0 radical (unpaired) electrons. The Hall–Kier alpha value is -1.96. The number of nitrogens with one attached hydrogen (secondary N) is 1. The molecule has 0 aliphatic rings. The zero-order chi connectivity index (χ0) is 19.2. The van der Waals surface area contributed by atoms with Crippen molar-refractivity contribution in [3.63, 3.8) is 0 Å². The predicted octanol–water partition coefficient (Wildman–Crippen LogP) is 6.31. The van der Waals surface area contributed by atoms with E-state index in [1.54, 1.807) is 0 Å². The number of benzene rings is 2. The number of phenolic OH excluding ortho intramolecular Hbond substituents is 1. The van der Waals surface area contributed by atoms with Gasteiger partial charge in [-0.1, -0.05) is 70.9 Å². The first-order chi connectivity index (χ1) is 11.4. The second-order valence-electron chi connectivity index (χ2n) is 9.20. The standard InChI is InChI=1S/C23H33NO/c1-14-10-15(2)12-16(11-14)19-17(22(3,4)5)13-18(24-9)21(25)20(19)23(6,7)8/h10-13,24-25H,1-9H3. The molecule has 0 spiro atoms. The Bertz CT molecular complexity index is 769. The maximum absolute atomic E-state index is 11.0. The highest BCUT2D eigenvalue weighted by molar-refractivity contribution is 5.82. The molecule has 0 saturated carbocycles. The van der Waals surface area contributed by atoms with Gasteiger partial charge in [-0.05, 0) is 47.4 Å². The zero-order valence-corrected chi connectivity index (χ0v) is 17.3. The lowest BCUT2D eigenvalue weighted by atomic mass is 9.73. The second kappa shape index (κ2) is 6.40. The number of anilines is 1. The third-order valence-electron chi connectivity index (χ3n) is 4.64. The molecule has 0 aliphatic heterocycles. The molecule has 0 heterocycles. The summed E-state index contributed by atoms with van der Waals surface area (Å²) in [4.78, 5) is 0. The van der Waals surface area contributed by atoms with E-state index in [-0.39, 0.29) is 10.8 Å². The summed E-state index contributed by atoms with van der Waals surface area (Å²) < 4.78 is 0.